The Balaban J connectivity index is 1.70. The average Bonchev–Trinajstić information content (AvgIpc) is 2.39. The summed E-state index contributed by atoms with van der Waals surface area (Å²) in [5, 5.41) is 2.84. The highest BCUT2D eigenvalue weighted by molar-refractivity contribution is 9.10. The SMILES string of the molecule is Cc1cc(Br)ccc1OCC(=O)NC1CN(C(=O)OC(C)(C)C)C1. The van der Waals surface area contributed by atoms with Crippen molar-refractivity contribution >= 4 is 27.9 Å². The number of carbonyl (C=O) groups is 2. The molecule has 0 spiro atoms. The number of hydrogen-bond acceptors (Lipinski definition) is 4. The maximum atomic E-state index is 11.9. The van der Waals surface area contributed by atoms with Crippen LogP contribution in [0.1, 0.15) is 26.3 Å². The van der Waals surface area contributed by atoms with Crippen molar-refractivity contribution in [1.82, 2.24) is 10.2 Å². The van der Waals surface area contributed by atoms with Crippen LogP contribution in [0.3, 0.4) is 0 Å². The number of benzene rings is 1. The van der Waals surface area contributed by atoms with E-state index >= 15 is 0 Å². The fourth-order valence-electron chi connectivity index (χ4n) is 2.23. The first-order chi connectivity index (χ1) is 11.1. The summed E-state index contributed by atoms with van der Waals surface area (Å²) < 4.78 is 11.8. The van der Waals surface area contributed by atoms with Crippen LogP contribution in [0.2, 0.25) is 0 Å². The van der Waals surface area contributed by atoms with Crippen molar-refractivity contribution in [2.75, 3.05) is 19.7 Å². The molecule has 1 aliphatic rings. The standard InChI is InChI=1S/C17H23BrN2O4/c1-11-7-12(18)5-6-14(11)23-10-15(21)19-13-8-20(9-13)16(22)24-17(2,3)4/h5-7,13H,8-10H2,1-4H3,(H,19,21). The second kappa shape index (κ2) is 7.42. The highest BCUT2D eigenvalue weighted by Gasteiger charge is 2.34. The fourth-order valence-corrected chi connectivity index (χ4v) is 2.71. The number of hydrogen-bond donors (Lipinski definition) is 1. The first kappa shape index (κ1) is 18.6. The van der Waals surface area contributed by atoms with Gasteiger partial charge in [-0.25, -0.2) is 4.79 Å². The van der Waals surface area contributed by atoms with E-state index in [9.17, 15) is 9.59 Å². The Morgan fingerprint density at radius 1 is 1.33 bits per heavy atom. The van der Waals surface area contributed by atoms with Gasteiger partial charge in [-0.2, -0.15) is 0 Å². The lowest BCUT2D eigenvalue weighted by Crippen LogP contribution is -2.62. The molecule has 2 rings (SSSR count). The van der Waals surface area contributed by atoms with E-state index < -0.39 is 5.60 Å². The quantitative estimate of drug-likeness (QED) is 0.846. The lowest BCUT2D eigenvalue weighted by molar-refractivity contribution is -0.125. The second-order valence-electron chi connectivity index (χ2n) is 6.85. The van der Waals surface area contributed by atoms with Crippen LogP contribution in [0.15, 0.2) is 22.7 Å². The van der Waals surface area contributed by atoms with Gasteiger partial charge in [-0.3, -0.25) is 4.79 Å². The molecule has 1 aromatic rings. The first-order valence-electron chi connectivity index (χ1n) is 7.80. The average molecular weight is 399 g/mol. The number of amides is 2. The molecular formula is C17H23BrN2O4. The number of halogens is 1. The zero-order valence-electron chi connectivity index (χ0n) is 14.4. The molecule has 1 aromatic carbocycles. The molecule has 2 amide bonds. The van der Waals surface area contributed by atoms with Crippen molar-refractivity contribution in [2.24, 2.45) is 0 Å². The van der Waals surface area contributed by atoms with E-state index in [-0.39, 0.29) is 24.6 Å². The van der Waals surface area contributed by atoms with Crippen molar-refractivity contribution in [3.05, 3.63) is 28.2 Å². The van der Waals surface area contributed by atoms with Gasteiger partial charge in [-0.15, -0.1) is 0 Å². The summed E-state index contributed by atoms with van der Waals surface area (Å²) in [7, 11) is 0. The highest BCUT2D eigenvalue weighted by Crippen LogP contribution is 2.22. The Kier molecular flexibility index (Phi) is 5.74. The molecule has 0 unspecified atom stereocenters. The van der Waals surface area contributed by atoms with Gasteiger partial charge in [-0.1, -0.05) is 15.9 Å². The minimum atomic E-state index is -0.512. The minimum absolute atomic E-state index is 0.0502. The van der Waals surface area contributed by atoms with Gasteiger partial charge in [0.15, 0.2) is 6.61 Å². The summed E-state index contributed by atoms with van der Waals surface area (Å²) >= 11 is 3.38. The molecule has 6 nitrogen and oxygen atoms in total. The van der Waals surface area contributed by atoms with Gasteiger partial charge >= 0.3 is 6.09 Å². The van der Waals surface area contributed by atoms with Crippen molar-refractivity contribution in [1.29, 1.82) is 0 Å². The number of carbonyl (C=O) groups excluding carboxylic acids is 2. The third-order valence-corrected chi connectivity index (χ3v) is 3.89. The van der Waals surface area contributed by atoms with Gasteiger partial charge in [0.25, 0.3) is 5.91 Å². The predicted molar refractivity (Wildman–Crippen MR) is 94.1 cm³/mol. The van der Waals surface area contributed by atoms with Crippen LogP contribution in [0.4, 0.5) is 4.79 Å². The summed E-state index contributed by atoms with van der Waals surface area (Å²) in [6, 6.07) is 5.56. The van der Waals surface area contributed by atoms with Crippen LogP contribution in [-0.4, -0.2) is 48.2 Å². The Labute approximate surface area is 150 Å². The molecule has 24 heavy (non-hydrogen) atoms. The van der Waals surface area contributed by atoms with E-state index in [1.165, 1.54) is 0 Å². The summed E-state index contributed by atoms with van der Waals surface area (Å²) in [5.74, 6) is 0.475. The predicted octanol–water partition coefficient (Wildman–Crippen LogP) is 2.87. The normalized spacial score (nSPS) is 14.8. The second-order valence-corrected chi connectivity index (χ2v) is 7.76. The smallest absolute Gasteiger partial charge is 0.410 e. The van der Waals surface area contributed by atoms with Crippen molar-refractivity contribution in [2.45, 2.75) is 39.3 Å². The molecule has 1 N–H and O–H groups in total. The molecule has 1 saturated heterocycles. The molecule has 0 aliphatic carbocycles. The Morgan fingerprint density at radius 2 is 2.00 bits per heavy atom. The monoisotopic (exact) mass is 398 g/mol. The third kappa shape index (κ3) is 5.40. The van der Waals surface area contributed by atoms with Crippen molar-refractivity contribution in [3.8, 4) is 5.75 Å². The fraction of sp³-hybridized carbons (Fsp3) is 0.529. The number of aryl methyl sites for hydroxylation is 1. The third-order valence-electron chi connectivity index (χ3n) is 3.39. The number of ether oxygens (including phenoxy) is 2. The van der Waals surface area contributed by atoms with Gasteiger partial charge in [0, 0.05) is 17.6 Å². The van der Waals surface area contributed by atoms with Crippen LogP contribution < -0.4 is 10.1 Å². The topological polar surface area (TPSA) is 67.9 Å². The van der Waals surface area contributed by atoms with E-state index in [1.54, 1.807) is 4.90 Å². The van der Waals surface area contributed by atoms with Crippen molar-refractivity contribution in [3.63, 3.8) is 0 Å². The van der Waals surface area contributed by atoms with E-state index in [0.717, 1.165) is 10.0 Å². The van der Waals surface area contributed by atoms with Crippen LogP contribution >= 0.6 is 15.9 Å². The molecule has 0 atom stereocenters. The molecule has 0 radical (unpaired) electrons. The van der Waals surface area contributed by atoms with Gasteiger partial charge in [0.05, 0.1) is 6.04 Å². The van der Waals surface area contributed by atoms with Gasteiger partial charge in [0.2, 0.25) is 0 Å². The molecule has 0 bridgehead atoms. The maximum Gasteiger partial charge on any atom is 0.410 e. The van der Waals surface area contributed by atoms with Crippen LogP contribution in [0.5, 0.6) is 5.75 Å². The molecule has 0 aromatic heterocycles. The molecule has 1 aliphatic heterocycles. The Hall–Kier alpha value is -1.76. The number of nitrogens with one attached hydrogen (secondary N) is 1. The summed E-state index contributed by atoms with van der Waals surface area (Å²) in [6.07, 6.45) is -0.352. The molecule has 132 valence electrons. The Morgan fingerprint density at radius 3 is 2.58 bits per heavy atom. The zero-order chi connectivity index (χ0) is 17.9. The number of rotatable bonds is 4. The summed E-state index contributed by atoms with van der Waals surface area (Å²) in [5.41, 5.74) is 0.443. The number of nitrogens with zero attached hydrogens (tertiary/aromatic N) is 1. The maximum absolute atomic E-state index is 11.9. The van der Waals surface area contributed by atoms with Crippen LogP contribution in [-0.2, 0) is 9.53 Å². The lowest BCUT2D eigenvalue weighted by atomic mass is 10.1. The molecular weight excluding hydrogens is 376 g/mol. The highest BCUT2D eigenvalue weighted by atomic mass is 79.9. The molecule has 0 saturated carbocycles. The van der Waals surface area contributed by atoms with Gasteiger partial charge < -0.3 is 19.7 Å². The van der Waals surface area contributed by atoms with E-state index in [0.29, 0.717) is 18.8 Å². The van der Waals surface area contributed by atoms with Gasteiger partial charge in [0.1, 0.15) is 11.4 Å². The van der Waals surface area contributed by atoms with E-state index in [2.05, 4.69) is 21.2 Å². The van der Waals surface area contributed by atoms with Crippen molar-refractivity contribution < 1.29 is 19.1 Å². The molecule has 1 heterocycles. The minimum Gasteiger partial charge on any atom is -0.484 e. The zero-order valence-corrected chi connectivity index (χ0v) is 16.0. The summed E-state index contributed by atoms with van der Waals surface area (Å²) in [4.78, 5) is 25.3. The Bertz CT molecular complexity index is 622. The van der Waals surface area contributed by atoms with Crippen LogP contribution in [0.25, 0.3) is 0 Å². The summed E-state index contributed by atoms with van der Waals surface area (Å²) in [6.45, 7) is 8.26. The van der Waals surface area contributed by atoms with E-state index in [4.69, 9.17) is 9.47 Å². The largest absolute Gasteiger partial charge is 0.484 e. The number of likely N-dealkylation sites (tertiary alicyclic amines) is 1. The first-order valence-corrected chi connectivity index (χ1v) is 8.59. The van der Waals surface area contributed by atoms with Crippen LogP contribution in [0, 0.1) is 6.92 Å². The van der Waals surface area contributed by atoms with Gasteiger partial charge in [-0.05, 0) is 51.5 Å². The van der Waals surface area contributed by atoms with E-state index in [1.807, 2.05) is 45.9 Å². The molecule has 7 heteroatoms. The molecule has 1 fully saturated rings. The lowest BCUT2D eigenvalue weighted by Gasteiger charge is -2.39.